The van der Waals surface area contributed by atoms with E-state index in [1.54, 1.807) is 6.92 Å². The number of likely N-dealkylation sites (tertiary alicyclic amines) is 1. The van der Waals surface area contributed by atoms with Crippen LogP contribution in [-0.4, -0.2) is 56.5 Å². The van der Waals surface area contributed by atoms with Crippen molar-refractivity contribution < 1.29 is 14.3 Å². The lowest BCUT2D eigenvalue weighted by Gasteiger charge is -2.38. The Labute approximate surface area is 168 Å². The van der Waals surface area contributed by atoms with Gasteiger partial charge in [0.05, 0.1) is 18.6 Å². The summed E-state index contributed by atoms with van der Waals surface area (Å²) in [5.74, 6) is 0.423. The SMILES string of the molecule is CCOC(=O)C1CCN(C(c2ccccc2)C2Sc3nc(C)nn3C2=O)CC1. The van der Waals surface area contributed by atoms with Crippen LogP contribution in [0.1, 0.15) is 42.0 Å². The van der Waals surface area contributed by atoms with Crippen molar-refractivity contribution in [3.05, 3.63) is 41.7 Å². The minimum atomic E-state index is -0.294. The highest BCUT2D eigenvalue weighted by atomic mass is 32.2. The number of carbonyl (C=O) groups excluding carboxylic acids is 2. The van der Waals surface area contributed by atoms with Gasteiger partial charge in [0.25, 0.3) is 5.91 Å². The quantitative estimate of drug-likeness (QED) is 0.714. The van der Waals surface area contributed by atoms with E-state index in [9.17, 15) is 9.59 Å². The highest BCUT2D eigenvalue weighted by Crippen LogP contribution is 2.42. The molecule has 2 aromatic rings. The number of ether oxygens (including phenoxy) is 1. The Kier molecular flexibility index (Phi) is 5.50. The van der Waals surface area contributed by atoms with Crippen LogP contribution in [0.4, 0.5) is 0 Å². The minimum Gasteiger partial charge on any atom is -0.466 e. The highest BCUT2D eigenvalue weighted by molar-refractivity contribution is 8.00. The van der Waals surface area contributed by atoms with Crippen molar-refractivity contribution in [1.29, 1.82) is 0 Å². The standard InChI is InChI=1S/C20H24N4O3S/c1-3-27-19(26)15-9-11-23(12-10-15)16(14-7-5-4-6-8-14)17-18(25)24-20(28-17)21-13(2)22-24/h4-8,15-17H,3,9-12H2,1-2H3. The first-order valence-corrected chi connectivity index (χ1v) is 10.6. The molecule has 0 N–H and O–H groups in total. The van der Waals surface area contributed by atoms with Crippen LogP contribution in [0.3, 0.4) is 0 Å². The zero-order chi connectivity index (χ0) is 19.7. The average molecular weight is 401 g/mol. The van der Waals surface area contributed by atoms with Gasteiger partial charge in [-0.15, -0.1) is 5.10 Å². The van der Waals surface area contributed by atoms with Gasteiger partial charge in [-0.3, -0.25) is 14.5 Å². The van der Waals surface area contributed by atoms with Crippen molar-refractivity contribution in [3.63, 3.8) is 0 Å². The monoisotopic (exact) mass is 400 g/mol. The Morgan fingerprint density at radius 3 is 2.64 bits per heavy atom. The van der Waals surface area contributed by atoms with Crippen molar-refractivity contribution in [2.75, 3.05) is 19.7 Å². The van der Waals surface area contributed by atoms with Crippen molar-refractivity contribution in [3.8, 4) is 0 Å². The number of carbonyl (C=O) groups is 2. The van der Waals surface area contributed by atoms with Crippen molar-refractivity contribution in [1.82, 2.24) is 19.7 Å². The number of piperidine rings is 1. The predicted octanol–water partition coefficient (Wildman–Crippen LogP) is 2.72. The van der Waals surface area contributed by atoms with E-state index in [-0.39, 0.29) is 29.1 Å². The normalized spacial score (nSPS) is 21.5. The summed E-state index contributed by atoms with van der Waals surface area (Å²) < 4.78 is 6.62. The number of aromatic nitrogens is 3. The molecule has 0 spiro atoms. The Hall–Kier alpha value is -2.19. The van der Waals surface area contributed by atoms with Crippen molar-refractivity contribution in [2.24, 2.45) is 5.92 Å². The van der Waals surface area contributed by atoms with Gasteiger partial charge in [-0.1, -0.05) is 42.1 Å². The third-order valence-corrected chi connectivity index (χ3v) is 6.53. The van der Waals surface area contributed by atoms with Crippen LogP contribution in [0.2, 0.25) is 0 Å². The van der Waals surface area contributed by atoms with Gasteiger partial charge in [-0.2, -0.15) is 4.68 Å². The van der Waals surface area contributed by atoms with E-state index in [2.05, 4.69) is 27.1 Å². The zero-order valence-corrected chi connectivity index (χ0v) is 16.9. The van der Waals surface area contributed by atoms with E-state index in [0.29, 0.717) is 17.6 Å². The molecule has 8 heteroatoms. The molecule has 0 amide bonds. The molecule has 2 unspecified atom stereocenters. The van der Waals surface area contributed by atoms with Gasteiger partial charge in [0.1, 0.15) is 11.1 Å². The fraction of sp³-hybridized carbons (Fsp3) is 0.500. The fourth-order valence-corrected chi connectivity index (χ4v) is 5.30. The van der Waals surface area contributed by atoms with E-state index in [1.165, 1.54) is 16.4 Å². The van der Waals surface area contributed by atoms with Crippen LogP contribution in [0, 0.1) is 12.8 Å². The second-order valence-corrected chi connectivity index (χ2v) is 8.26. The summed E-state index contributed by atoms with van der Waals surface area (Å²) in [6, 6.07) is 10.0. The second kappa shape index (κ2) is 8.05. The van der Waals surface area contributed by atoms with Crippen LogP contribution in [0.25, 0.3) is 0 Å². The van der Waals surface area contributed by atoms with Gasteiger partial charge < -0.3 is 4.74 Å². The topological polar surface area (TPSA) is 77.3 Å². The molecule has 1 aromatic heterocycles. The Morgan fingerprint density at radius 2 is 2.00 bits per heavy atom. The second-order valence-electron chi connectivity index (χ2n) is 7.15. The fourth-order valence-electron chi connectivity index (χ4n) is 4.00. The summed E-state index contributed by atoms with van der Waals surface area (Å²) in [5.41, 5.74) is 1.10. The first kappa shape index (κ1) is 19.1. The third kappa shape index (κ3) is 3.58. The van der Waals surface area contributed by atoms with Crippen LogP contribution >= 0.6 is 11.8 Å². The number of nitrogens with zero attached hydrogens (tertiary/aromatic N) is 4. The van der Waals surface area contributed by atoms with E-state index in [4.69, 9.17) is 4.74 Å². The summed E-state index contributed by atoms with van der Waals surface area (Å²) in [6.07, 6.45) is 1.49. The lowest BCUT2D eigenvalue weighted by atomic mass is 9.93. The van der Waals surface area contributed by atoms with E-state index >= 15 is 0 Å². The molecule has 3 heterocycles. The molecule has 1 aromatic carbocycles. The number of fused-ring (bicyclic) bond motifs is 1. The number of aryl methyl sites for hydroxylation is 1. The van der Waals surface area contributed by atoms with Crippen LogP contribution in [0.5, 0.6) is 0 Å². The summed E-state index contributed by atoms with van der Waals surface area (Å²) >= 11 is 1.48. The molecule has 28 heavy (non-hydrogen) atoms. The van der Waals surface area contributed by atoms with Gasteiger partial charge in [0.2, 0.25) is 0 Å². The summed E-state index contributed by atoms with van der Waals surface area (Å²) in [5, 5.41) is 4.62. The van der Waals surface area contributed by atoms with Gasteiger partial charge in [-0.25, -0.2) is 4.98 Å². The smallest absolute Gasteiger partial charge is 0.309 e. The molecule has 2 aliphatic heterocycles. The summed E-state index contributed by atoms with van der Waals surface area (Å²) in [6.45, 7) is 5.55. The van der Waals surface area contributed by atoms with Crippen LogP contribution in [-0.2, 0) is 9.53 Å². The third-order valence-electron chi connectivity index (χ3n) is 5.34. The molecule has 0 bridgehead atoms. The number of hydrogen-bond acceptors (Lipinski definition) is 7. The molecule has 0 saturated carbocycles. The molecule has 2 atom stereocenters. The number of esters is 1. The molecule has 7 nitrogen and oxygen atoms in total. The molecule has 0 radical (unpaired) electrons. The molecular weight excluding hydrogens is 376 g/mol. The lowest BCUT2D eigenvalue weighted by molar-refractivity contribution is -0.149. The lowest BCUT2D eigenvalue weighted by Crippen LogP contribution is -2.44. The van der Waals surface area contributed by atoms with Crippen molar-refractivity contribution in [2.45, 2.75) is 43.1 Å². The highest BCUT2D eigenvalue weighted by Gasteiger charge is 2.43. The van der Waals surface area contributed by atoms with E-state index in [1.807, 2.05) is 25.1 Å². The summed E-state index contributed by atoms with van der Waals surface area (Å²) in [7, 11) is 0. The van der Waals surface area contributed by atoms with Gasteiger partial charge in [0, 0.05) is 0 Å². The first-order valence-electron chi connectivity index (χ1n) is 9.68. The van der Waals surface area contributed by atoms with Gasteiger partial charge in [0.15, 0.2) is 5.16 Å². The molecular formula is C20H24N4O3S. The molecule has 0 aliphatic carbocycles. The van der Waals surface area contributed by atoms with E-state index in [0.717, 1.165) is 31.5 Å². The number of hydrogen-bond donors (Lipinski definition) is 0. The van der Waals surface area contributed by atoms with Crippen LogP contribution < -0.4 is 0 Å². The summed E-state index contributed by atoms with van der Waals surface area (Å²) in [4.78, 5) is 31.8. The molecule has 1 saturated heterocycles. The number of thioether (sulfide) groups is 1. The van der Waals surface area contributed by atoms with Gasteiger partial charge >= 0.3 is 5.97 Å². The largest absolute Gasteiger partial charge is 0.466 e. The zero-order valence-electron chi connectivity index (χ0n) is 16.1. The first-order chi connectivity index (χ1) is 13.6. The maximum atomic E-state index is 13.1. The maximum absolute atomic E-state index is 13.1. The molecule has 2 aliphatic rings. The predicted molar refractivity (Wildman–Crippen MR) is 105 cm³/mol. The average Bonchev–Trinajstić information content (AvgIpc) is 3.21. The van der Waals surface area contributed by atoms with E-state index < -0.39 is 0 Å². The Bertz CT molecular complexity index is 862. The van der Waals surface area contributed by atoms with Crippen molar-refractivity contribution >= 4 is 23.6 Å². The molecule has 1 fully saturated rings. The number of rotatable bonds is 5. The Morgan fingerprint density at radius 1 is 1.29 bits per heavy atom. The Balaban J connectivity index is 1.56. The number of benzene rings is 1. The van der Waals surface area contributed by atoms with Crippen LogP contribution in [0.15, 0.2) is 35.5 Å². The minimum absolute atomic E-state index is 0.0260. The molecule has 148 valence electrons. The van der Waals surface area contributed by atoms with Gasteiger partial charge in [-0.05, 0) is 45.3 Å². The molecule has 4 rings (SSSR count). The maximum Gasteiger partial charge on any atom is 0.309 e.